The summed E-state index contributed by atoms with van der Waals surface area (Å²) in [5.74, 6) is 0.854. The van der Waals surface area contributed by atoms with Crippen LogP contribution in [0, 0.1) is 0 Å². The first-order chi connectivity index (χ1) is 9.19. The molecule has 2 aromatic rings. The standard InChI is InChI=1S/C15H15BrClNO/c1-19-15-7-6-14(17)8-12(15)10-18-9-11-2-4-13(16)5-3-11/h2-8,18H,9-10H2,1H3. The molecular weight excluding hydrogens is 326 g/mol. The molecule has 0 heterocycles. The second-order valence-corrected chi connectivity index (χ2v) is 5.54. The van der Waals surface area contributed by atoms with Crippen molar-refractivity contribution in [3.05, 3.63) is 63.1 Å². The average molecular weight is 341 g/mol. The lowest BCUT2D eigenvalue weighted by Gasteiger charge is -2.10. The summed E-state index contributed by atoms with van der Waals surface area (Å²) in [5.41, 5.74) is 2.30. The summed E-state index contributed by atoms with van der Waals surface area (Å²) in [5, 5.41) is 4.11. The van der Waals surface area contributed by atoms with Gasteiger partial charge in [-0.05, 0) is 35.9 Å². The molecule has 100 valence electrons. The molecule has 2 nitrogen and oxygen atoms in total. The first kappa shape index (κ1) is 14.4. The van der Waals surface area contributed by atoms with Crippen LogP contribution in [-0.4, -0.2) is 7.11 Å². The fraction of sp³-hybridized carbons (Fsp3) is 0.200. The van der Waals surface area contributed by atoms with E-state index in [0.29, 0.717) is 0 Å². The molecule has 0 fully saturated rings. The van der Waals surface area contributed by atoms with Gasteiger partial charge in [-0.25, -0.2) is 0 Å². The smallest absolute Gasteiger partial charge is 0.123 e. The molecule has 0 aliphatic heterocycles. The number of rotatable bonds is 5. The zero-order valence-corrected chi connectivity index (χ0v) is 13.0. The van der Waals surface area contributed by atoms with Gasteiger partial charge >= 0.3 is 0 Å². The van der Waals surface area contributed by atoms with Gasteiger partial charge in [-0.3, -0.25) is 0 Å². The minimum atomic E-state index is 0.722. The van der Waals surface area contributed by atoms with Crippen molar-refractivity contribution in [1.29, 1.82) is 0 Å². The molecule has 0 radical (unpaired) electrons. The van der Waals surface area contributed by atoms with Crippen molar-refractivity contribution in [2.45, 2.75) is 13.1 Å². The summed E-state index contributed by atoms with van der Waals surface area (Å²) in [6, 6.07) is 13.9. The van der Waals surface area contributed by atoms with Crippen LogP contribution in [0.25, 0.3) is 0 Å². The largest absolute Gasteiger partial charge is 0.496 e. The Morgan fingerprint density at radius 2 is 1.84 bits per heavy atom. The third-order valence-electron chi connectivity index (χ3n) is 2.80. The maximum Gasteiger partial charge on any atom is 0.123 e. The van der Waals surface area contributed by atoms with E-state index in [4.69, 9.17) is 16.3 Å². The van der Waals surface area contributed by atoms with Crippen LogP contribution >= 0.6 is 27.5 Å². The van der Waals surface area contributed by atoms with Crippen molar-refractivity contribution in [1.82, 2.24) is 5.32 Å². The van der Waals surface area contributed by atoms with Crippen molar-refractivity contribution >= 4 is 27.5 Å². The van der Waals surface area contributed by atoms with Gasteiger partial charge < -0.3 is 10.1 Å². The summed E-state index contributed by atoms with van der Waals surface area (Å²) in [6.07, 6.45) is 0. The number of nitrogens with one attached hydrogen (secondary N) is 1. The Bertz CT molecular complexity index is 542. The molecule has 0 amide bonds. The molecular formula is C15H15BrClNO. The highest BCUT2D eigenvalue weighted by Gasteiger charge is 2.03. The summed E-state index contributed by atoms with van der Waals surface area (Å²) < 4.78 is 6.40. The van der Waals surface area contributed by atoms with Crippen LogP contribution < -0.4 is 10.1 Å². The van der Waals surface area contributed by atoms with Crippen LogP contribution in [0.1, 0.15) is 11.1 Å². The van der Waals surface area contributed by atoms with Crippen molar-refractivity contribution in [2.75, 3.05) is 7.11 Å². The van der Waals surface area contributed by atoms with E-state index in [2.05, 4.69) is 33.4 Å². The van der Waals surface area contributed by atoms with Crippen molar-refractivity contribution < 1.29 is 4.74 Å². The van der Waals surface area contributed by atoms with E-state index in [1.54, 1.807) is 7.11 Å². The summed E-state index contributed by atoms with van der Waals surface area (Å²) in [7, 11) is 1.67. The lowest BCUT2D eigenvalue weighted by atomic mass is 10.2. The van der Waals surface area contributed by atoms with Crippen LogP contribution in [0.3, 0.4) is 0 Å². The van der Waals surface area contributed by atoms with Crippen LogP contribution in [-0.2, 0) is 13.1 Å². The molecule has 0 aromatic heterocycles. The Balaban J connectivity index is 1.95. The number of benzene rings is 2. The highest BCUT2D eigenvalue weighted by atomic mass is 79.9. The van der Waals surface area contributed by atoms with Gasteiger partial charge in [0.2, 0.25) is 0 Å². The Morgan fingerprint density at radius 3 is 2.53 bits per heavy atom. The second kappa shape index (κ2) is 6.94. The van der Waals surface area contributed by atoms with Crippen molar-refractivity contribution in [3.63, 3.8) is 0 Å². The van der Waals surface area contributed by atoms with Crippen LogP contribution in [0.4, 0.5) is 0 Å². The number of methoxy groups -OCH3 is 1. The van der Waals surface area contributed by atoms with Crippen molar-refractivity contribution in [3.8, 4) is 5.75 Å². The predicted molar refractivity (Wildman–Crippen MR) is 82.7 cm³/mol. The predicted octanol–water partition coefficient (Wildman–Crippen LogP) is 4.40. The summed E-state index contributed by atoms with van der Waals surface area (Å²) in [4.78, 5) is 0. The van der Waals surface area contributed by atoms with Gasteiger partial charge in [0.25, 0.3) is 0 Å². The zero-order valence-electron chi connectivity index (χ0n) is 10.6. The van der Waals surface area contributed by atoms with E-state index < -0.39 is 0 Å². The van der Waals surface area contributed by atoms with E-state index in [9.17, 15) is 0 Å². The van der Waals surface area contributed by atoms with Gasteiger partial charge in [0, 0.05) is 28.1 Å². The highest BCUT2D eigenvalue weighted by molar-refractivity contribution is 9.10. The normalized spacial score (nSPS) is 10.5. The fourth-order valence-electron chi connectivity index (χ4n) is 1.83. The van der Waals surface area contributed by atoms with E-state index in [1.165, 1.54) is 5.56 Å². The quantitative estimate of drug-likeness (QED) is 0.871. The molecule has 0 spiro atoms. The van der Waals surface area contributed by atoms with Gasteiger partial charge in [-0.15, -0.1) is 0 Å². The Labute approximate surface area is 126 Å². The molecule has 2 aromatic carbocycles. The number of halogens is 2. The lowest BCUT2D eigenvalue weighted by Crippen LogP contribution is -2.13. The van der Waals surface area contributed by atoms with E-state index in [1.807, 2.05) is 30.3 Å². The van der Waals surface area contributed by atoms with Crippen LogP contribution in [0.15, 0.2) is 46.9 Å². The Kier molecular flexibility index (Phi) is 5.25. The highest BCUT2D eigenvalue weighted by Crippen LogP contribution is 2.22. The van der Waals surface area contributed by atoms with Gasteiger partial charge in [0.1, 0.15) is 5.75 Å². The molecule has 0 atom stereocenters. The van der Waals surface area contributed by atoms with Crippen LogP contribution in [0.5, 0.6) is 5.75 Å². The molecule has 0 saturated carbocycles. The van der Waals surface area contributed by atoms with Crippen molar-refractivity contribution in [2.24, 2.45) is 0 Å². The van der Waals surface area contributed by atoms with E-state index in [-0.39, 0.29) is 0 Å². The second-order valence-electron chi connectivity index (χ2n) is 4.19. The first-order valence-electron chi connectivity index (χ1n) is 5.96. The lowest BCUT2D eigenvalue weighted by molar-refractivity contribution is 0.407. The maximum atomic E-state index is 6.00. The maximum absolute atomic E-state index is 6.00. The Hall–Kier alpha value is -1.03. The average Bonchev–Trinajstić information content (AvgIpc) is 2.41. The molecule has 0 bridgehead atoms. The summed E-state index contributed by atoms with van der Waals surface area (Å²) >= 11 is 9.42. The summed E-state index contributed by atoms with van der Waals surface area (Å²) in [6.45, 7) is 1.53. The fourth-order valence-corrected chi connectivity index (χ4v) is 2.29. The van der Waals surface area contributed by atoms with Gasteiger partial charge in [-0.1, -0.05) is 39.7 Å². The number of hydrogen-bond donors (Lipinski definition) is 1. The number of hydrogen-bond acceptors (Lipinski definition) is 2. The van der Waals surface area contributed by atoms with Gasteiger partial charge in [-0.2, -0.15) is 0 Å². The molecule has 0 saturated heterocycles. The zero-order chi connectivity index (χ0) is 13.7. The monoisotopic (exact) mass is 339 g/mol. The topological polar surface area (TPSA) is 21.3 Å². The molecule has 0 unspecified atom stereocenters. The minimum absolute atomic E-state index is 0.722. The molecule has 0 aliphatic carbocycles. The van der Waals surface area contributed by atoms with Crippen LogP contribution in [0.2, 0.25) is 5.02 Å². The SMILES string of the molecule is COc1ccc(Cl)cc1CNCc1ccc(Br)cc1. The van der Waals surface area contributed by atoms with Gasteiger partial charge in [0.05, 0.1) is 7.11 Å². The Morgan fingerprint density at radius 1 is 1.11 bits per heavy atom. The van der Waals surface area contributed by atoms with E-state index >= 15 is 0 Å². The first-order valence-corrected chi connectivity index (χ1v) is 7.13. The molecule has 4 heteroatoms. The molecule has 2 rings (SSSR count). The van der Waals surface area contributed by atoms with Gasteiger partial charge in [0.15, 0.2) is 0 Å². The third kappa shape index (κ3) is 4.23. The molecule has 1 N–H and O–H groups in total. The minimum Gasteiger partial charge on any atom is -0.496 e. The molecule has 19 heavy (non-hydrogen) atoms. The third-order valence-corrected chi connectivity index (χ3v) is 3.56. The molecule has 0 aliphatic rings. The number of ether oxygens (including phenoxy) is 1. The van der Waals surface area contributed by atoms with E-state index in [0.717, 1.165) is 33.9 Å².